The molecule has 0 bridgehead atoms. The summed E-state index contributed by atoms with van der Waals surface area (Å²) in [7, 11) is 0.885. The fourth-order valence-corrected chi connectivity index (χ4v) is 5.44. The lowest BCUT2D eigenvalue weighted by Crippen LogP contribution is -2.30. The molecule has 3 atom stereocenters. The highest BCUT2D eigenvalue weighted by molar-refractivity contribution is 7.91. The molecule has 2 aromatic carbocycles. The molecular formula is C27H34O9S. The minimum absolute atomic E-state index is 0.00989. The zero-order valence-electron chi connectivity index (χ0n) is 21.8. The second-order valence-corrected chi connectivity index (χ2v) is 10.8. The van der Waals surface area contributed by atoms with Crippen LogP contribution >= 0.6 is 0 Å². The zero-order valence-corrected chi connectivity index (χ0v) is 22.6. The van der Waals surface area contributed by atoms with Gasteiger partial charge in [0, 0.05) is 18.2 Å². The van der Waals surface area contributed by atoms with E-state index in [4.69, 9.17) is 33.5 Å². The van der Waals surface area contributed by atoms with Gasteiger partial charge in [-0.2, -0.15) is 0 Å². The monoisotopic (exact) mass is 534 g/mol. The maximum atomic E-state index is 13.0. The summed E-state index contributed by atoms with van der Waals surface area (Å²) >= 11 is 0. The Labute approximate surface area is 218 Å². The van der Waals surface area contributed by atoms with Crippen molar-refractivity contribution >= 4 is 9.84 Å². The molecule has 9 nitrogen and oxygen atoms in total. The lowest BCUT2D eigenvalue weighted by Gasteiger charge is -2.30. The van der Waals surface area contributed by atoms with E-state index in [1.807, 2.05) is 6.92 Å². The summed E-state index contributed by atoms with van der Waals surface area (Å²) < 4.78 is 60.7. The van der Waals surface area contributed by atoms with Crippen molar-refractivity contribution in [2.45, 2.75) is 36.9 Å². The number of ether oxygens (including phenoxy) is 6. The number of sulfone groups is 1. The second kappa shape index (κ2) is 12.5. The van der Waals surface area contributed by atoms with Crippen LogP contribution in [0.3, 0.4) is 0 Å². The molecule has 202 valence electrons. The quantitative estimate of drug-likeness (QED) is 0.435. The Kier molecular flexibility index (Phi) is 9.68. The third kappa shape index (κ3) is 6.48. The van der Waals surface area contributed by atoms with Crippen molar-refractivity contribution in [3.63, 3.8) is 0 Å². The van der Waals surface area contributed by atoms with Crippen molar-refractivity contribution in [3.05, 3.63) is 47.5 Å². The highest BCUT2D eigenvalue weighted by Gasteiger charge is 2.53. The van der Waals surface area contributed by atoms with Crippen LogP contribution in [0.4, 0.5) is 0 Å². The summed E-state index contributed by atoms with van der Waals surface area (Å²) in [5, 5.41) is 8.14. The van der Waals surface area contributed by atoms with Crippen LogP contribution in [0.25, 0.3) is 0 Å². The molecule has 0 spiro atoms. The van der Waals surface area contributed by atoms with Crippen molar-refractivity contribution < 1.29 is 41.9 Å². The average molecular weight is 535 g/mol. The first-order chi connectivity index (χ1) is 17.7. The average Bonchev–Trinajstić information content (AvgIpc) is 3.31. The Hall–Kier alpha value is -2.97. The van der Waals surface area contributed by atoms with Gasteiger partial charge in [0.2, 0.25) is 5.75 Å². The van der Waals surface area contributed by atoms with Crippen molar-refractivity contribution in [3.8, 4) is 34.8 Å². The van der Waals surface area contributed by atoms with Gasteiger partial charge in [0.05, 0.1) is 33.2 Å². The van der Waals surface area contributed by atoms with Gasteiger partial charge in [-0.15, -0.1) is 0 Å². The predicted molar refractivity (Wildman–Crippen MR) is 138 cm³/mol. The van der Waals surface area contributed by atoms with Gasteiger partial charge >= 0.3 is 0 Å². The Bertz CT molecular complexity index is 1190. The summed E-state index contributed by atoms with van der Waals surface area (Å²) in [4.78, 5) is 0. The van der Waals surface area contributed by atoms with Gasteiger partial charge in [0.1, 0.15) is 25.1 Å². The molecule has 1 N–H and O–H groups in total. The van der Waals surface area contributed by atoms with Crippen LogP contribution < -0.4 is 18.9 Å². The minimum Gasteiger partial charge on any atom is -0.494 e. The molecular weight excluding hydrogens is 500 g/mol. The topological polar surface area (TPSA) is 110 Å². The third-order valence-corrected chi connectivity index (χ3v) is 7.56. The molecule has 0 radical (unpaired) electrons. The molecule has 0 aromatic heterocycles. The van der Waals surface area contributed by atoms with Gasteiger partial charge in [-0.05, 0) is 36.2 Å². The van der Waals surface area contributed by atoms with Crippen LogP contribution in [0.15, 0.2) is 36.4 Å². The number of hydrogen-bond donors (Lipinski definition) is 1. The van der Waals surface area contributed by atoms with Crippen molar-refractivity contribution in [1.29, 1.82) is 0 Å². The van der Waals surface area contributed by atoms with E-state index in [2.05, 4.69) is 11.8 Å². The van der Waals surface area contributed by atoms with Gasteiger partial charge < -0.3 is 33.5 Å². The lowest BCUT2D eigenvalue weighted by molar-refractivity contribution is -0.230. The number of hydrogen-bond acceptors (Lipinski definition) is 9. The smallest absolute Gasteiger partial charge is 0.203 e. The fraction of sp³-hybridized carbons (Fsp3) is 0.481. The number of aliphatic hydroxyl groups excluding tert-OH is 1. The van der Waals surface area contributed by atoms with Gasteiger partial charge in [0.15, 0.2) is 27.1 Å². The van der Waals surface area contributed by atoms with Gasteiger partial charge in [0.25, 0.3) is 0 Å². The molecule has 1 aliphatic rings. The van der Waals surface area contributed by atoms with Crippen molar-refractivity contribution in [1.82, 2.24) is 0 Å². The van der Waals surface area contributed by atoms with Gasteiger partial charge in [-0.25, -0.2) is 8.42 Å². The van der Waals surface area contributed by atoms with Crippen LogP contribution in [0.1, 0.15) is 37.0 Å². The fourth-order valence-electron chi connectivity index (χ4n) is 4.26. The normalized spacial score (nSPS) is 21.1. The first kappa shape index (κ1) is 28.6. The summed E-state index contributed by atoms with van der Waals surface area (Å²) in [6.07, 6.45) is 1.21. The molecule has 1 heterocycles. The van der Waals surface area contributed by atoms with E-state index in [1.165, 1.54) is 27.6 Å². The lowest BCUT2D eigenvalue weighted by atomic mass is 9.99. The van der Waals surface area contributed by atoms with E-state index in [-0.39, 0.29) is 19.6 Å². The first-order valence-electron chi connectivity index (χ1n) is 11.8. The van der Waals surface area contributed by atoms with E-state index >= 15 is 0 Å². The minimum atomic E-state index is -3.58. The number of aliphatic hydroxyl groups is 1. The predicted octanol–water partition coefficient (Wildman–Crippen LogP) is 3.24. The zero-order chi connectivity index (χ0) is 27.1. The highest BCUT2D eigenvalue weighted by Crippen LogP contribution is 2.52. The molecule has 1 saturated heterocycles. The Morgan fingerprint density at radius 3 is 2.22 bits per heavy atom. The molecule has 0 saturated carbocycles. The standard InChI is InChI=1S/C27H34O9S/c1-6-14-34-21-11-9-19(10-12-21)25-24(37(5,29)30)18-27(36-25,35-15-8-7-13-28)20-16-22(31-2)26(33-4)23(17-20)32-3/h9-12,16-17,24-25,28H,6,13-15,18H2,1-5H3. The van der Waals surface area contributed by atoms with Crippen LogP contribution in [-0.4, -0.2) is 66.2 Å². The molecule has 1 aliphatic heterocycles. The van der Waals surface area contributed by atoms with Gasteiger partial charge in [-0.3, -0.25) is 0 Å². The maximum Gasteiger partial charge on any atom is 0.203 e. The third-order valence-electron chi connectivity index (χ3n) is 6.04. The number of rotatable bonds is 11. The molecule has 3 rings (SSSR count). The Morgan fingerprint density at radius 2 is 1.70 bits per heavy atom. The summed E-state index contributed by atoms with van der Waals surface area (Å²) in [5.74, 6) is 5.53. The van der Waals surface area contributed by atoms with Crippen LogP contribution in [-0.2, 0) is 25.1 Å². The summed E-state index contributed by atoms with van der Waals surface area (Å²) in [5.41, 5.74) is 1.14. The molecule has 10 heteroatoms. The Balaban J connectivity index is 2.12. The molecule has 1 fully saturated rings. The Morgan fingerprint density at radius 1 is 1.05 bits per heavy atom. The number of benzene rings is 2. The SMILES string of the molecule is CCCOc1ccc(C2OC(OCC#CCO)(c3cc(OC)c(OC)c(OC)c3)CC2S(C)(=O)=O)cc1. The van der Waals surface area contributed by atoms with E-state index < -0.39 is 27.0 Å². The first-order valence-corrected chi connectivity index (χ1v) is 13.8. The largest absolute Gasteiger partial charge is 0.494 e. The van der Waals surface area contributed by atoms with E-state index in [0.29, 0.717) is 40.7 Å². The van der Waals surface area contributed by atoms with Crippen LogP contribution in [0, 0.1) is 11.8 Å². The molecule has 0 aliphatic carbocycles. The molecule has 37 heavy (non-hydrogen) atoms. The molecule has 3 unspecified atom stereocenters. The van der Waals surface area contributed by atoms with Crippen molar-refractivity contribution in [2.75, 3.05) is 47.4 Å². The molecule has 2 aromatic rings. The van der Waals surface area contributed by atoms with E-state index in [0.717, 1.165) is 6.42 Å². The van der Waals surface area contributed by atoms with E-state index in [1.54, 1.807) is 36.4 Å². The molecule has 0 amide bonds. The number of methoxy groups -OCH3 is 3. The summed E-state index contributed by atoms with van der Waals surface area (Å²) in [6, 6.07) is 10.5. The second-order valence-electron chi connectivity index (χ2n) is 8.50. The van der Waals surface area contributed by atoms with Gasteiger partial charge in [-0.1, -0.05) is 30.9 Å². The summed E-state index contributed by atoms with van der Waals surface area (Å²) in [6.45, 7) is 2.16. The van der Waals surface area contributed by atoms with Crippen LogP contribution in [0.5, 0.6) is 23.0 Å². The maximum absolute atomic E-state index is 13.0. The highest BCUT2D eigenvalue weighted by atomic mass is 32.2. The van der Waals surface area contributed by atoms with E-state index in [9.17, 15) is 8.42 Å². The van der Waals surface area contributed by atoms with Crippen LogP contribution in [0.2, 0.25) is 0 Å². The van der Waals surface area contributed by atoms with Crippen molar-refractivity contribution in [2.24, 2.45) is 0 Å².